The van der Waals surface area contributed by atoms with Gasteiger partial charge in [0.1, 0.15) is 5.69 Å². The molecule has 1 saturated heterocycles. The number of ether oxygens (including phenoxy) is 1. The molecule has 0 radical (unpaired) electrons. The minimum atomic E-state index is -0.944. The molecule has 1 atom stereocenters. The average molecular weight is 230 g/mol. The molecule has 1 aromatic rings. The van der Waals surface area contributed by atoms with Crippen LogP contribution in [0.25, 0.3) is 0 Å². The lowest BCUT2D eigenvalue weighted by Crippen LogP contribution is -2.14. The zero-order valence-corrected chi connectivity index (χ0v) is 8.91. The van der Waals surface area contributed by atoms with Crippen LogP contribution in [0.4, 0.5) is 0 Å². The summed E-state index contributed by atoms with van der Waals surface area (Å²) in [7, 11) is 0. The van der Waals surface area contributed by atoms with E-state index in [0.29, 0.717) is 24.1 Å². The number of nitrogens with zero attached hydrogens (tertiary/aromatic N) is 1. The van der Waals surface area contributed by atoms with Crippen molar-refractivity contribution in [2.24, 2.45) is 5.92 Å². The molecule has 4 nitrogen and oxygen atoms in total. The Balaban J connectivity index is 2.15. The van der Waals surface area contributed by atoms with E-state index in [9.17, 15) is 4.79 Å². The Morgan fingerprint density at radius 3 is 3.13 bits per heavy atom. The molecule has 5 heteroatoms. The Morgan fingerprint density at radius 2 is 2.53 bits per heavy atom. The fraction of sp³-hybridized carbons (Fsp3) is 0.500. The van der Waals surface area contributed by atoms with Gasteiger partial charge in [-0.1, -0.05) is 11.6 Å². The number of carbonyl (C=O) groups is 1. The summed E-state index contributed by atoms with van der Waals surface area (Å²) in [5, 5.41) is 9.41. The number of rotatable bonds is 3. The predicted molar refractivity (Wildman–Crippen MR) is 55.3 cm³/mol. The second-order valence-corrected chi connectivity index (χ2v) is 4.17. The fourth-order valence-electron chi connectivity index (χ4n) is 1.81. The Hall–Kier alpha value is -1.00. The van der Waals surface area contributed by atoms with Gasteiger partial charge in [-0.05, 0) is 12.5 Å². The molecule has 1 aliphatic heterocycles. The van der Waals surface area contributed by atoms with Crippen molar-refractivity contribution >= 4 is 17.6 Å². The van der Waals surface area contributed by atoms with Gasteiger partial charge in [0, 0.05) is 25.3 Å². The van der Waals surface area contributed by atoms with Gasteiger partial charge in [0.2, 0.25) is 0 Å². The molecule has 0 aromatic carbocycles. The highest BCUT2D eigenvalue weighted by Gasteiger charge is 2.19. The van der Waals surface area contributed by atoms with Crippen LogP contribution >= 0.6 is 11.6 Å². The highest BCUT2D eigenvalue weighted by atomic mass is 35.5. The van der Waals surface area contributed by atoms with Crippen LogP contribution in [-0.2, 0) is 11.3 Å². The van der Waals surface area contributed by atoms with E-state index in [2.05, 4.69) is 0 Å². The van der Waals surface area contributed by atoms with Crippen molar-refractivity contribution in [3.63, 3.8) is 0 Å². The molecule has 1 unspecified atom stereocenters. The molecule has 0 aliphatic carbocycles. The van der Waals surface area contributed by atoms with Crippen LogP contribution in [0, 0.1) is 5.92 Å². The highest BCUT2D eigenvalue weighted by molar-refractivity contribution is 6.30. The molecule has 0 amide bonds. The van der Waals surface area contributed by atoms with Gasteiger partial charge in [0.05, 0.1) is 11.6 Å². The van der Waals surface area contributed by atoms with Crippen molar-refractivity contribution in [3.8, 4) is 0 Å². The third-order valence-electron chi connectivity index (χ3n) is 2.56. The molecule has 0 bridgehead atoms. The fourth-order valence-corrected chi connectivity index (χ4v) is 2.03. The monoisotopic (exact) mass is 229 g/mol. The predicted octanol–water partition coefficient (Wildman–Crippen LogP) is 1.88. The minimum absolute atomic E-state index is 0.243. The standard InChI is InChI=1S/C10H12ClNO3/c11-8-3-9(10(13)14)12(5-8)4-7-1-2-15-6-7/h3,5,7H,1-2,4,6H2,(H,13,14). The van der Waals surface area contributed by atoms with Gasteiger partial charge in [-0.15, -0.1) is 0 Å². The molecule has 82 valence electrons. The second-order valence-electron chi connectivity index (χ2n) is 3.73. The molecule has 1 N–H and O–H groups in total. The Kier molecular flexibility index (Phi) is 2.98. The molecular weight excluding hydrogens is 218 g/mol. The highest BCUT2D eigenvalue weighted by Crippen LogP contribution is 2.20. The third-order valence-corrected chi connectivity index (χ3v) is 2.77. The number of hydrogen-bond acceptors (Lipinski definition) is 2. The number of halogens is 1. The molecule has 1 aromatic heterocycles. The topological polar surface area (TPSA) is 51.5 Å². The number of carboxylic acid groups (broad SMARTS) is 1. The first-order chi connectivity index (χ1) is 7.16. The van der Waals surface area contributed by atoms with Gasteiger partial charge in [-0.3, -0.25) is 0 Å². The second kappa shape index (κ2) is 4.24. The lowest BCUT2D eigenvalue weighted by molar-refractivity contribution is 0.0683. The Labute approximate surface area is 92.4 Å². The average Bonchev–Trinajstić information content (AvgIpc) is 2.75. The maximum Gasteiger partial charge on any atom is 0.352 e. The van der Waals surface area contributed by atoms with E-state index in [4.69, 9.17) is 21.4 Å². The first-order valence-corrected chi connectivity index (χ1v) is 5.21. The Bertz CT molecular complexity index is 369. The van der Waals surface area contributed by atoms with Crippen molar-refractivity contribution in [2.45, 2.75) is 13.0 Å². The van der Waals surface area contributed by atoms with E-state index in [1.54, 1.807) is 10.8 Å². The quantitative estimate of drug-likeness (QED) is 0.861. The summed E-state index contributed by atoms with van der Waals surface area (Å²) in [6.45, 7) is 2.13. The van der Waals surface area contributed by atoms with E-state index in [-0.39, 0.29) is 5.69 Å². The third kappa shape index (κ3) is 2.33. The smallest absolute Gasteiger partial charge is 0.352 e. The van der Waals surface area contributed by atoms with Gasteiger partial charge < -0.3 is 14.4 Å². The van der Waals surface area contributed by atoms with Crippen LogP contribution in [0.15, 0.2) is 12.3 Å². The summed E-state index contributed by atoms with van der Waals surface area (Å²) in [5.41, 5.74) is 0.243. The van der Waals surface area contributed by atoms with Crippen LogP contribution in [0.1, 0.15) is 16.9 Å². The lowest BCUT2D eigenvalue weighted by Gasteiger charge is -2.10. The zero-order chi connectivity index (χ0) is 10.8. The van der Waals surface area contributed by atoms with Gasteiger partial charge in [-0.2, -0.15) is 0 Å². The van der Waals surface area contributed by atoms with Gasteiger partial charge in [0.25, 0.3) is 0 Å². The van der Waals surface area contributed by atoms with E-state index in [0.717, 1.165) is 13.0 Å². The summed E-state index contributed by atoms with van der Waals surface area (Å²) >= 11 is 5.78. The molecule has 1 aliphatic rings. The van der Waals surface area contributed by atoms with Gasteiger partial charge in [0.15, 0.2) is 0 Å². The Morgan fingerprint density at radius 1 is 1.73 bits per heavy atom. The largest absolute Gasteiger partial charge is 0.477 e. The number of hydrogen-bond donors (Lipinski definition) is 1. The molecule has 0 spiro atoms. The summed E-state index contributed by atoms with van der Waals surface area (Å²) in [5.74, 6) is -0.549. The summed E-state index contributed by atoms with van der Waals surface area (Å²) in [6, 6.07) is 1.47. The molecule has 1 fully saturated rings. The van der Waals surface area contributed by atoms with Crippen molar-refractivity contribution in [2.75, 3.05) is 13.2 Å². The molecular formula is C10H12ClNO3. The maximum atomic E-state index is 10.9. The van der Waals surface area contributed by atoms with E-state index >= 15 is 0 Å². The molecule has 15 heavy (non-hydrogen) atoms. The lowest BCUT2D eigenvalue weighted by atomic mass is 10.1. The van der Waals surface area contributed by atoms with Crippen LogP contribution in [0.3, 0.4) is 0 Å². The first-order valence-electron chi connectivity index (χ1n) is 4.83. The van der Waals surface area contributed by atoms with E-state index in [1.807, 2.05) is 0 Å². The minimum Gasteiger partial charge on any atom is -0.477 e. The summed E-state index contributed by atoms with van der Waals surface area (Å²) in [6.07, 6.45) is 2.64. The van der Waals surface area contributed by atoms with Crippen LogP contribution < -0.4 is 0 Å². The SMILES string of the molecule is O=C(O)c1cc(Cl)cn1CC1CCOC1. The van der Waals surface area contributed by atoms with Crippen LogP contribution in [0.5, 0.6) is 0 Å². The van der Waals surface area contributed by atoms with Gasteiger partial charge in [-0.25, -0.2) is 4.79 Å². The van der Waals surface area contributed by atoms with Crippen LogP contribution in [-0.4, -0.2) is 28.9 Å². The van der Waals surface area contributed by atoms with E-state index in [1.165, 1.54) is 6.07 Å². The van der Waals surface area contributed by atoms with Crippen molar-refractivity contribution in [3.05, 3.63) is 23.0 Å². The number of aromatic nitrogens is 1. The van der Waals surface area contributed by atoms with Gasteiger partial charge >= 0.3 is 5.97 Å². The zero-order valence-electron chi connectivity index (χ0n) is 8.15. The molecule has 2 rings (SSSR count). The van der Waals surface area contributed by atoms with Crippen molar-refractivity contribution < 1.29 is 14.6 Å². The number of aromatic carboxylic acids is 1. The normalized spacial score (nSPS) is 20.7. The van der Waals surface area contributed by atoms with Crippen molar-refractivity contribution in [1.29, 1.82) is 0 Å². The summed E-state index contributed by atoms with van der Waals surface area (Å²) < 4.78 is 6.93. The molecule has 2 heterocycles. The first kappa shape index (κ1) is 10.5. The summed E-state index contributed by atoms with van der Waals surface area (Å²) in [4.78, 5) is 10.9. The number of carboxylic acids is 1. The maximum absolute atomic E-state index is 10.9. The molecule has 0 saturated carbocycles. The van der Waals surface area contributed by atoms with E-state index < -0.39 is 5.97 Å². The van der Waals surface area contributed by atoms with Crippen LogP contribution in [0.2, 0.25) is 5.02 Å². The van der Waals surface area contributed by atoms with Crippen molar-refractivity contribution in [1.82, 2.24) is 4.57 Å².